The summed E-state index contributed by atoms with van der Waals surface area (Å²) in [7, 11) is 0. The summed E-state index contributed by atoms with van der Waals surface area (Å²) >= 11 is 4.43. The summed E-state index contributed by atoms with van der Waals surface area (Å²) in [6.45, 7) is 8.92. The van der Waals surface area contributed by atoms with Gasteiger partial charge in [0.25, 0.3) is 5.78 Å². The van der Waals surface area contributed by atoms with Crippen LogP contribution in [0, 0.1) is 5.92 Å². The molecule has 2 rings (SSSR count). The molecule has 0 fully saturated rings. The van der Waals surface area contributed by atoms with Crippen molar-refractivity contribution in [3.05, 3.63) is 22.5 Å². The molecule has 26 heavy (non-hydrogen) atoms. The second kappa shape index (κ2) is 6.85. The van der Waals surface area contributed by atoms with E-state index in [1.807, 2.05) is 13.8 Å². The highest BCUT2D eigenvalue weighted by molar-refractivity contribution is 7.90. The van der Waals surface area contributed by atoms with E-state index in [4.69, 9.17) is 16.3 Å². The monoisotopic (exact) mass is 412 g/mol. The zero-order chi connectivity index (χ0) is 20.1. The minimum atomic E-state index is -5.08. The fourth-order valence-corrected chi connectivity index (χ4v) is 3.78. The molecule has 0 aromatic carbocycles. The number of alkyl halides is 3. The summed E-state index contributed by atoms with van der Waals surface area (Å²) in [6, 6.07) is 1.02. The third kappa shape index (κ3) is 3.81. The molecule has 0 bridgehead atoms. The van der Waals surface area contributed by atoms with Crippen LogP contribution in [0.5, 0.6) is 5.75 Å². The molecule has 1 aromatic rings. The van der Waals surface area contributed by atoms with Gasteiger partial charge in [-0.15, -0.1) is 4.72 Å². The standard InChI is InChI=1S/C16H20ClF3N2O3S/c1-8(2)15(22-26(24)14(3,4)5)7-25-11-9(15)6-10(21-13(11)17)12(23)16(18,19)20/h6,8,22H,7H2,1-5H3. The van der Waals surface area contributed by atoms with E-state index in [1.54, 1.807) is 20.8 Å². The minimum absolute atomic E-state index is 0.00683. The number of nitrogens with zero attached hydrogens (tertiary/aromatic N) is 1. The molecule has 2 heterocycles. The Labute approximate surface area is 158 Å². The number of hydrogen-bond acceptors (Lipinski definition) is 5. The molecule has 0 saturated heterocycles. The van der Waals surface area contributed by atoms with E-state index in [9.17, 15) is 22.5 Å². The molecule has 1 aromatic heterocycles. The van der Waals surface area contributed by atoms with Crippen LogP contribution in [0.15, 0.2) is 6.07 Å². The van der Waals surface area contributed by atoms with E-state index in [0.29, 0.717) is 0 Å². The van der Waals surface area contributed by atoms with E-state index in [-0.39, 0.29) is 29.0 Å². The van der Waals surface area contributed by atoms with Crippen molar-refractivity contribution in [2.45, 2.75) is 51.1 Å². The van der Waals surface area contributed by atoms with Crippen molar-refractivity contribution < 1.29 is 27.3 Å². The lowest BCUT2D eigenvalue weighted by Crippen LogP contribution is -2.55. The molecule has 0 amide bonds. The molecule has 0 aliphatic carbocycles. The lowest BCUT2D eigenvalue weighted by Gasteiger charge is -2.36. The normalized spacial score (nSPS) is 21.5. The largest absolute Gasteiger partial charge is 0.598 e. The predicted molar refractivity (Wildman–Crippen MR) is 92.7 cm³/mol. The average Bonchev–Trinajstić information content (AvgIpc) is 2.85. The van der Waals surface area contributed by atoms with Crippen LogP contribution in [-0.4, -0.2) is 32.9 Å². The number of aromatic nitrogens is 1. The molecule has 0 spiro atoms. The van der Waals surface area contributed by atoms with Gasteiger partial charge in [0, 0.05) is 16.9 Å². The van der Waals surface area contributed by atoms with Gasteiger partial charge in [0.15, 0.2) is 10.9 Å². The first-order chi connectivity index (χ1) is 11.7. The molecule has 2 atom stereocenters. The van der Waals surface area contributed by atoms with Crippen molar-refractivity contribution in [2.75, 3.05) is 6.61 Å². The van der Waals surface area contributed by atoms with Crippen LogP contribution in [0.25, 0.3) is 0 Å². The molecular formula is C16H20ClF3N2O3S. The number of carbonyl (C=O) groups excluding carboxylic acids is 1. The number of rotatable bonds is 4. The molecule has 146 valence electrons. The third-order valence-corrected chi connectivity index (χ3v) is 6.08. The zero-order valence-corrected chi connectivity index (χ0v) is 16.5. The van der Waals surface area contributed by atoms with Crippen molar-refractivity contribution in [2.24, 2.45) is 5.92 Å². The molecule has 0 saturated carbocycles. The van der Waals surface area contributed by atoms with E-state index >= 15 is 0 Å². The summed E-state index contributed by atoms with van der Waals surface area (Å²) in [6.07, 6.45) is -5.08. The Morgan fingerprint density at radius 1 is 1.42 bits per heavy atom. The summed E-state index contributed by atoms with van der Waals surface area (Å²) in [5, 5.41) is -0.332. The first kappa shape index (κ1) is 21.3. The smallest absolute Gasteiger partial charge is 0.456 e. The molecule has 1 N–H and O–H groups in total. The fourth-order valence-electron chi connectivity index (χ4n) is 2.49. The van der Waals surface area contributed by atoms with Gasteiger partial charge in [-0.3, -0.25) is 4.79 Å². The van der Waals surface area contributed by atoms with Crippen molar-refractivity contribution in [3.8, 4) is 5.75 Å². The van der Waals surface area contributed by atoms with Crippen molar-refractivity contribution >= 4 is 28.7 Å². The van der Waals surface area contributed by atoms with Gasteiger partial charge in [-0.25, -0.2) is 4.98 Å². The Morgan fingerprint density at radius 2 is 2.00 bits per heavy atom. The van der Waals surface area contributed by atoms with Gasteiger partial charge in [0.2, 0.25) is 0 Å². The molecule has 1 aliphatic rings. The van der Waals surface area contributed by atoms with Gasteiger partial charge in [-0.05, 0) is 32.8 Å². The number of pyridine rings is 1. The van der Waals surface area contributed by atoms with E-state index in [0.717, 1.165) is 6.07 Å². The summed E-state index contributed by atoms with van der Waals surface area (Å²) < 4.78 is 59.0. The Hall–Kier alpha value is -1.03. The van der Waals surface area contributed by atoms with E-state index < -0.39 is 39.3 Å². The maximum absolute atomic E-state index is 12.8. The molecule has 5 nitrogen and oxygen atoms in total. The summed E-state index contributed by atoms with van der Waals surface area (Å²) in [5.74, 6) is -2.22. The highest BCUT2D eigenvalue weighted by Crippen LogP contribution is 2.46. The second-order valence-electron chi connectivity index (χ2n) is 7.40. The second-order valence-corrected chi connectivity index (χ2v) is 9.72. The Kier molecular flexibility index (Phi) is 5.60. The minimum Gasteiger partial charge on any atom is -0.598 e. The van der Waals surface area contributed by atoms with Crippen molar-refractivity contribution in [1.82, 2.24) is 9.71 Å². The number of nitrogens with one attached hydrogen (secondary N) is 1. The van der Waals surface area contributed by atoms with Gasteiger partial charge in [-0.1, -0.05) is 25.4 Å². The molecule has 10 heteroatoms. The highest BCUT2D eigenvalue weighted by atomic mass is 35.5. The highest BCUT2D eigenvalue weighted by Gasteiger charge is 2.51. The average molecular weight is 413 g/mol. The topological polar surface area (TPSA) is 74.3 Å². The number of Topliss-reactive ketones (excluding diaryl/α,β-unsaturated/α-hetero) is 1. The summed E-state index contributed by atoms with van der Waals surface area (Å²) in [4.78, 5) is 15.1. The van der Waals surface area contributed by atoms with Gasteiger partial charge in [0.05, 0.1) is 0 Å². The SMILES string of the molecule is CC(C)C1(N[S+]([O-])C(C)(C)C)COc2c1cc(C(=O)C(F)(F)F)nc2Cl. The first-order valence-corrected chi connectivity index (χ1v) is 9.38. The maximum atomic E-state index is 12.8. The number of halogens is 4. The Balaban J connectivity index is 2.59. The number of fused-ring (bicyclic) bond motifs is 1. The van der Waals surface area contributed by atoms with E-state index in [1.165, 1.54) is 0 Å². The number of ketones is 1. The summed E-state index contributed by atoms with van der Waals surface area (Å²) in [5.41, 5.74) is -1.64. The molecule has 0 radical (unpaired) electrons. The number of hydrogen-bond donors (Lipinski definition) is 1. The Morgan fingerprint density at radius 3 is 2.46 bits per heavy atom. The van der Waals surface area contributed by atoms with Crippen LogP contribution in [0.3, 0.4) is 0 Å². The van der Waals surface area contributed by atoms with Crippen LogP contribution in [-0.2, 0) is 16.9 Å². The van der Waals surface area contributed by atoms with Gasteiger partial charge >= 0.3 is 6.18 Å². The van der Waals surface area contributed by atoms with Crippen LogP contribution < -0.4 is 9.46 Å². The number of carbonyl (C=O) groups is 1. The first-order valence-electron chi connectivity index (χ1n) is 7.85. The van der Waals surface area contributed by atoms with Gasteiger partial charge < -0.3 is 9.29 Å². The van der Waals surface area contributed by atoms with Crippen LogP contribution in [0.2, 0.25) is 5.15 Å². The van der Waals surface area contributed by atoms with Crippen LogP contribution in [0.4, 0.5) is 13.2 Å². The number of ether oxygens (including phenoxy) is 1. The lowest BCUT2D eigenvalue weighted by atomic mass is 9.82. The van der Waals surface area contributed by atoms with Gasteiger partial charge in [0.1, 0.15) is 22.6 Å². The van der Waals surface area contributed by atoms with E-state index in [2.05, 4.69) is 9.71 Å². The van der Waals surface area contributed by atoms with Gasteiger partial charge in [-0.2, -0.15) is 13.2 Å². The quantitative estimate of drug-likeness (QED) is 0.463. The maximum Gasteiger partial charge on any atom is 0.456 e. The zero-order valence-electron chi connectivity index (χ0n) is 15.0. The van der Waals surface area contributed by atoms with Crippen LogP contribution in [0.1, 0.15) is 50.7 Å². The lowest BCUT2D eigenvalue weighted by molar-refractivity contribution is -0.0888. The van der Waals surface area contributed by atoms with Crippen molar-refractivity contribution in [1.29, 1.82) is 0 Å². The fraction of sp³-hybridized carbons (Fsp3) is 0.625. The Bertz CT molecular complexity index is 722. The predicted octanol–water partition coefficient (Wildman–Crippen LogP) is 3.78. The molecule has 1 aliphatic heterocycles. The third-order valence-electron chi connectivity index (χ3n) is 4.16. The van der Waals surface area contributed by atoms with Crippen molar-refractivity contribution in [3.63, 3.8) is 0 Å². The molecular weight excluding hydrogens is 393 g/mol. The van der Waals surface area contributed by atoms with Crippen LogP contribution >= 0.6 is 11.6 Å². The molecule has 2 unspecified atom stereocenters.